The van der Waals surface area contributed by atoms with Crippen LogP contribution in [-0.2, 0) is 4.79 Å². The molecule has 2 nitrogen and oxygen atoms in total. The summed E-state index contributed by atoms with van der Waals surface area (Å²) >= 11 is 11.8. The summed E-state index contributed by atoms with van der Waals surface area (Å²) in [5.41, 5.74) is 0.801. The fraction of sp³-hybridized carbons (Fsp3) is 0.182. The first-order valence-corrected chi connectivity index (χ1v) is 5.19. The van der Waals surface area contributed by atoms with Crippen molar-refractivity contribution in [1.29, 1.82) is 0 Å². The second kappa shape index (κ2) is 5.79. The van der Waals surface area contributed by atoms with Crippen molar-refractivity contribution in [3.63, 3.8) is 0 Å². The molecule has 0 amide bonds. The van der Waals surface area contributed by atoms with Crippen LogP contribution in [0.3, 0.4) is 0 Å². The van der Waals surface area contributed by atoms with Crippen molar-refractivity contribution < 1.29 is 9.90 Å². The molecule has 0 aliphatic carbocycles. The molecule has 0 heterocycles. The van der Waals surface area contributed by atoms with E-state index in [9.17, 15) is 4.79 Å². The highest BCUT2D eigenvalue weighted by Crippen LogP contribution is 2.26. The fourth-order valence-electron chi connectivity index (χ4n) is 1.07. The molecule has 0 saturated heterocycles. The lowest BCUT2D eigenvalue weighted by atomic mass is 10.2. The van der Waals surface area contributed by atoms with Gasteiger partial charge >= 0.3 is 5.97 Å². The van der Waals surface area contributed by atoms with Gasteiger partial charge in [-0.2, -0.15) is 0 Å². The molecule has 0 aromatic heterocycles. The van der Waals surface area contributed by atoms with Crippen molar-refractivity contribution in [3.8, 4) is 0 Å². The van der Waals surface area contributed by atoms with Crippen LogP contribution >= 0.6 is 23.2 Å². The molecule has 0 unspecified atom stereocenters. The Labute approximate surface area is 98.1 Å². The number of carboxylic acid groups (broad SMARTS) is 1. The molecule has 1 aromatic carbocycles. The van der Waals surface area contributed by atoms with Crippen LogP contribution in [0.1, 0.15) is 18.4 Å². The lowest BCUT2D eigenvalue weighted by molar-refractivity contribution is -0.136. The first kappa shape index (κ1) is 12.1. The van der Waals surface area contributed by atoms with Gasteiger partial charge in [0.1, 0.15) is 0 Å². The molecule has 0 radical (unpaired) electrons. The van der Waals surface area contributed by atoms with Gasteiger partial charge in [0.2, 0.25) is 0 Å². The maximum absolute atomic E-state index is 10.3. The predicted octanol–water partition coefficient (Wildman–Crippen LogP) is 3.87. The van der Waals surface area contributed by atoms with Gasteiger partial charge in [0, 0.05) is 6.42 Å². The molecule has 0 bridgehead atoms. The zero-order valence-corrected chi connectivity index (χ0v) is 9.42. The van der Waals surface area contributed by atoms with Crippen LogP contribution in [0, 0.1) is 0 Å². The predicted molar refractivity (Wildman–Crippen MR) is 62.4 cm³/mol. The number of hydrogen-bond acceptors (Lipinski definition) is 1. The highest BCUT2D eigenvalue weighted by atomic mass is 35.5. The maximum Gasteiger partial charge on any atom is 0.303 e. The van der Waals surface area contributed by atoms with E-state index < -0.39 is 5.97 Å². The van der Waals surface area contributed by atoms with Gasteiger partial charge in [0.15, 0.2) is 0 Å². The minimum atomic E-state index is -0.808. The molecule has 15 heavy (non-hydrogen) atoms. The topological polar surface area (TPSA) is 37.3 Å². The third kappa shape index (κ3) is 3.94. The van der Waals surface area contributed by atoms with Gasteiger partial charge in [-0.1, -0.05) is 47.5 Å². The first-order valence-electron chi connectivity index (χ1n) is 4.43. The Kier molecular flexibility index (Phi) is 4.66. The zero-order chi connectivity index (χ0) is 11.3. The summed E-state index contributed by atoms with van der Waals surface area (Å²) in [7, 11) is 0. The minimum absolute atomic E-state index is 0.120. The average molecular weight is 245 g/mol. The van der Waals surface area contributed by atoms with E-state index >= 15 is 0 Å². The number of benzene rings is 1. The van der Waals surface area contributed by atoms with Crippen LogP contribution in [0.25, 0.3) is 6.08 Å². The second-order valence-electron chi connectivity index (χ2n) is 2.98. The summed E-state index contributed by atoms with van der Waals surface area (Å²) in [5, 5.41) is 9.42. The fourth-order valence-corrected chi connectivity index (χ4v) is 1.44. The molecular formula is C11H10Cl2O2. The van der Waals surface area contributed by atoms with E-state index in [0.29, 0.717) is 16.5 Å². The Morgan fingerprint density at radius 1 is 1.40 bits per heavy atom. The Morgan fingerprint density at radius 3 is 2.80 bits per heavy atom. The SMILES string of the molecule is O=C(O)CC/C=C/c1cccc(Cl)c1Cl. The smallest absolute Gasteiger partial charge is 0.303 e. The van der Waals surface area contributed by atoms with Crippen molar-refractivity contribution in [2.45, 2.75) is 12.8 Å². The Bertz CT molecular complexity index is 386. The van der Waals surface area contributed by atoms with Crippen LogP contribution in [0.15, 0.2) is 24.3 Å². The number of carbonyl (C=O) groups is 1. The molecule has 0 atom stereocenters. The van der Waals surface area contributed by atoms with Crippen LogP contribution < -0.4 is 0 Å². The Hall–Kier alpha value is -0.990. The summed E-state index contributed by atoms with van der Waals surface area (Å²) in [5.74, 6) is -0.808. The van der Waals surface area contributed by atoms with Crippen molar-refractivity contribution >= 4 is 35.2 Å². The molecule has 1 rings (SSSR count). The molecule has 0 spiro atoms. The van der Waals surface area contributed by atoms with Crippen LogP contribution in [0.2, 0.25) is 10.0 Å². The van der Waals surface area contributed by atoms with Crippen LogP contribution in [0.5, 0.6) is 0 Å². The van der Waals surface area contributed by atoms with E-state index in [1.165, 1.54) is 0 Å². The molecule has 0 aliphatic rings. The third-order valence-electron chi connectivity index (χ3n) is 1.80. The van der Waals surface area contributed by atoms with Crippen molar-refractivity contribution in [2.24, 2.45) is 0 Å². The molecule has 0 aliphatic heterocycles. The van der Waals surface area contributed by atoms with Crippen molar-refractivity contribution in [1.82, 2.24) is 0 Å². The van der Waals surface area contributed by atoms with Crippen LogP contribution in [0.4, 0.5) is 0 Å². The number of rotatable bonds is 4. The molecule has 80 valence electrons. The number of hydrogen-bond donors (Lipinski definition) is 1. The molecule has 1 N–H and O–H groups in total. The van der Waals surface area contributed by atoms with E-state index in [1.54, 1.807) is 24.3 Å². The monoisotopic (exact) mass is 244 g/mol. The van der Waals surface area contributed by atoms with Crippen molar-refractivity contribution in [3.05, 3.63) is 39.9 Å². The summed E-state index contributed by atoms with van der Waals surface area (Å²) in [6, 6.07) is 5.33. The third-order valence-corrected chi connectivity index (χ3v) is 2.64. The van der Waals surface area contributed by atoms with Crippen LogP contribution in [-0.4, -0.2) is 11.1 Å². The quantitative estimate of drug-likeness (QED) is 0.874. The Morgan fingerprint density at radius 2 is 2.13 bits per heavy atom. The van der Waals surface area contributed by atoms with Crippen molar-refractivity contribution in [2.75, 3.05) is 0 Å². The summed E-state index contributed by atoms with van der Waals surface area (Å²) < 4.78 is 0. The average Bonchev–Trinajstić information content (AvgIpc) is 2.18. The summed E-state index contributed by atoms with van der Waals surface area (Å²) in [4.78, 5) is 10.3. The Balaban J connectivity index is 2.64. The zero-order valence-electron chi connectivity index (χ0n) is 7.91. The van der Waals surface area contributed by atoms with E-state index in [4.69, 9.17) is 28.3 Å². The van der Waals surface area contributed by atoms with Gasteiger partial charge < -0.3 is 5.11 Å². The first-order chi connectivity index (χ1) is 7.11. The molecule has 1 aromatic rings. The minimum Gasteiger partial charge on any atom is -0.481 e. The van der Waals surface area contributed by atoms with Gasteiger partial charge in [-0.25, -0.2) is 0 Å². The molecular weight excluding hydrogens is 235 g/mol. The van der Waals surface area contributed by atoms with E-state index in [2.05, 4.69) is 0 Å². The van der Waals surface area contributed by atoms with Gasteiger partial charge in [0.05, 0.1) is 10.0 Å². The van der Waals surface area contributed by atoms with E-state index in [1.807, 2.05) is 6.07 Å². The lowest BCUT2D eigenvalue weighted by Gasteiger charge is -1.99. The van der Waals surface area contributed by atoms with Gasteiger partial charge in [-0.15, -0.1) is 0 Å². The lowest BCUT2D eigenvalue weighted by Crippen LogP contribution is -1.91. The standard InChI is InChI=1S/C11H10Cl2O2/c12-9-6-3-5-8(11(9)13)4-1-2-7-10(14)15/h1,3-6H,2,7H2,(H,14,15)/b4-1+. The highest BCUT2D eigenvalue weighted by Gasteiger charge is 2.00. The second-order valence-corrected chi connectivity index (χ2v) is 3.76. The molecule has 0 saturated carbocycles. The number of allylic oxidation sites excluding steroid dienone is 1. The van der Waals surface area contributed by atoms with Gasteiger partial charge in [-0.3, -0.25) is 4.79 Å². The summed E-state index contributed by atoms with van der Waals surface area (Å²) in [6.45, 7) is 0. The largest absolute Gasteiger partial charge is 0.481 e. The van der Waals surface area contributed by atoms with E-state index in [-0.39, 0.29) is 6.42 Å². The summed E-state index contributed by atoms with van der Waals surface area (Å²) in [6.07, 6.45) is 4.15. The van der Waals surface area contributed by atoms with E-state index in [0.717, 1.165) is 5.56 Å². The maximum atomic E-state index is 10.3. The number of aliphatic carboxylic acids is 1. The molecule has 4 heteroatoms. The van der Waals surface area contributed by atoms with Gasteiger partial charge in [0.25, 0.3) is 0 Å². The highest BCUT2D eigenvalue weighted by molar-refractivity contribution is 6.42. The normalized spacial score (nSPS) is 10.8. The van der Waals surface area contributed by atoms with Gasteiger partial charge in [-0.05, 0) is 18.1 Å². The number of halogens is 2. The number of carboxylic acids is 1. The molecule has 0 fully saturated rings.